The van der Waals surface area contributed by atoms with E-state index in [1.165, 1.54) is 4.90 Å². The van der Waals surface area contributed by atoms with Crippen molar-refractivity contribution >= 4 is 34.3 Å². The van der Waals surface area contributed by atoms with Gasteiger partial charge in [-0.2, -0.15) is 0 Å². The summed E-state index contributed by atoms with van der Waals surface area (Å²) in [6, 6.07) is 21.0. The molecule has 0 N–H and O–H groups in total. The molecule has 5 aromatic rings. The van der Waals surface area contributed by atoms with E-state index in [-0.39, 0.29) is 16.8 Å². The minimum atomic E-state index is -0.738. The molecule has 184 valence electrons. The number of carbonyl (C=O) groups excluding carboxylic acids is 1. The van der Waals surface area contributed by atoms with Gasteiger partial charge in [0.1, 0.15) is 23.7 Å². The van der Waals surface area contributed by atoms with Crippen LogP contribution >= 0.6 is 11.6 Å². The van der Waals surface area contributed by atoms with Crippen molar-refractivity contribution in [2.45, 2.75) is 26.5 Å². The highest BCUT2D eigenvalue weighted by Crippen LogP contribution is 2.41. The van der Waals surface area contributed by atoms with Crippen molar-refractivity contribution in [1.29, 1.82) is 0 Å². The van der Waals surface area contributed by atoms with Crippen molar-refractivity contribution in [2.24, 2.45) is 0 Å². The summed E-state index contributed by atoms with van der Waals surface area (Å²) in [6.45, 7) is 4.02. The maximum Gasteiger partial charge on any atom is 0.296 e. The van der Waals surface area contributed by atoms with Crippen LogP contribution in [0.25, 0.3) is 11.0 Å². The first kappa shape index (κ1) is 23.1. The second kappa shape index (κ2) is 8.94. The Morgan fingerprint density at radius 1 is 0.973 bits per heavy atom. The van der Waals surface area contributed by atoms with E-state index in [4.69, 9.17) is 25.3 Å². The van der Waals surface area contributed by atoms with Gasteiger partial charge in [0.15, 0.2) is 11.2 Å². The van der Waals surface area contributed by atoms with Crippen LogP contribution < -0.4 is 15.1 Å². The second-order valence-electron chi connectivity index (χ2n) is 9.03. The molecule has 8 heteroatoms. The van der Waals surface area contributed by atoms with Crippen molar-refractivity contribution in [3.05, 3.63) is 122 Å². The average Bonchev–Trinajstić information content (AvgIpc) is 3.45. The molecule has 6 rings (SSSR count). The molecule has 0 bridgehead atoms. The van der Waals surface area contributed by atoms with Gasteiger partial charge in [-0.3, -0.25) is 14.5 Å². The van der Waals surface area contributed by atoms with Crippen LogP contribution in [-0.4, -0.2) is 11.1 Å². The Labute approximate surface area is 216 Å². The molecule has 0 radical (unpaired) electrons. The predicted molar refractivity (Wildman–Crippen MR) is 139 cm³/mol. The molecular weight excluding hydrogens is 492 g/mol. The van der Waals surface area contributed by atoms with Crippen molar-refractivity contribution in [3.8, 4) is 5.75 Å². The van der Waals surface area contributed by atoms with E-state index in [0.717, 1.165) is 11.1 Å². The topological polar surface area (TPSA) is 85.8 Å². The summed E-state index contributed by atoms with van der Waals surface area (Å²) >= 11 is 5.95. The van der Waals surface area contributed by atoms with E-state index in [9.17, 15) is 9.59 Å². The zero-order chi connectivity index (χ0) is 25.7. The summed E-state index contributed by atoms with van der Waals surface area (Å²) in [5.74, 6) is 1.06. The maximum atomic E-state index is 13.7. The molecule has 1 amide bonds. The molecule has 1 aliphatic heterocycles. The number of fused-ring (bicyclic) bond motifs is 2. The number of ether oxygens (including phenoxy) is 1. The highest BCUT2D eigenvalue weighted by molar-refractivity contribution is 6.30. The van der Waals surface area contributed by atoms with Crippen LogP contribution in [0.15, 0.2) is 86.5 Å². The lowest BCUT2D eigenvalue weighted by molar-refractivity contribution is 0.0969. The lowest BCUT2D eigenvalue weighted by Gasteiger charge is -2.22. The fourth-order valence-electron chi connectivity index (χ4n) is 4.60. The molecule has 1 atom stereocenters. The van der Waals surface area contributed by atoms with Gasteiger partial charge in [0.25, 0.3) is 5.91 Å². The summed E-state index contributed by atoms with van der Waals surface area (Å²) in [5.41, 5.74) is 3.02. The monoisotopic (exact) mass is 512 g/mol. The normalized spacial score (nSPS) is 14.8. The lowest BCUT2D eigenvalue weighted by atomic mass is 9.98. The van der Waals surface area contributed by atoms with E-state index in [2.05, 4.69) is 5.16 Å². The highest BCUT2D eigenvalue weighted by Gasteiger charge is 2.44. The third-order valence-electron chi connectivity index (χ3n) is 6.40. The summed E-state index contributed by atoms with van der Waals surface area (Å²) in [6.07, 6.45) is 0. The zero-order valence-corrected chi connectivity index (χ0v) is 20.8. The van der Waals surface area contributed by atoms with Crippen molar-refractivity contribution in [1.82, 2.24) is 5.16 Å². The van der Waals surface area contributed by atoms with Crippen LogP contribution in [0.1, 0.15) is 44.6 Å². The van der Waals surface area contributed by atoms with Gasteiger partial charge in [0.05, 0.1) is 17.0 Å². The standard InChI is InChI=1S/C29H21ClN2O5/c1-16-3-12-23-22(13-16)27(33)25-26(32(29(34)28(25)36-23)24-14-17(2)37-31-24)19-6-10-21(11-7-19)35-15-18-4-8-20(30)9-5-18/h3-14,26H,15H2,1-2H3. The number of anilines is 1. The van der Waals surface area contributed by atoms with Crippen LogP contribution in [-0.2, 0) is 6.61 Å². The number of hydrogen-bond acceptors (Lipinski definition) is 6. The Morgan fingerprint density at radius 2 is 1.73 bits per heavy atom. The summed E-state index contributed by atoms with van der Waals surface area (Å²) in [5, 5.41) is 5.15. The summed E-state index contributed by atoms with van der Waals surface area (Å²) in [7, 11) is 0. The number of hydrogen-bond donors (Lipinski definition) is 0. The first-order chi connectivity index (χ1) is 17.9. The number of carbonyl (C=O) groups is 1. The van der Waals surface area contributed by atoms with Gasteiger partial charge in [-0.1, -0.05) is 52.7 Å². The molecule has 37 heavy (non-hydrogen) atoms. The molecule has 2 aromatic heterocycles. The van der Waals surface area contributed by atoms with E-state index >= 15 is 0 Å². The van der Waals surface area contributed by atoms with E-state index in [1.54, 1.807) is 25.1 Å². The van der Waals surface area contributed by atoms with Gasteiger partial charge < -0.3 is 13.7 Å². The number of amides is 1. The summed E-state index contributed by atoms with van der Waals surface area (Å²) in [4.78, 5) is 28.7. The molecule has 0 spiro atoms. The van der Waals surface area contributed by atoms with Gasteiger partial charge in [-0.05, 0) is 61.4 Å². The van der Waals surface area contributed by atoms with Gasteiger partial charge in [0.2, 0.25) is 5.76 Å². The number of benzene rings is 3. The number of nitrogens with zero attached hydrogens (tertiary/aromatic N) is 2. The molecular formula is C29H21ClN2O5. The minimum absolute atomic E-state index is 0.00933. The Hall–Kier alpha value is -4.36. The van der Waals surface area contributed by atoms with E-state index in [1.807, 2.05) is 61.5 Å². The second-order valence-corrected chi connectivity index (χ2v) is 9.47. The quantitative estimate of drug-likeness (QED) is 0.271. The van der Waals surface area contributed by atoms with Crippen LogP contribution in [0, 0.1) is 13.8 Å². The molecule has 0 aliphatic carbocycles. The zero-order valence-electron chi connectivity index (χ0n) is 20.0. The van der Waals surface area contributed by atoms with Crippen molar-refractivity contribution < 1.29 is 18.5 Å². The predicted octanol–water partition coefficient (Wildman–Crippen LogP) is 6.38. The lowest BCUT2D eigenvalue weighted by Crippen LogP contribution is -2.29. The van der Waals surface area contributed by atoms with Gasteiger partial charge >= 0.3 is 0 Å². The van der Waals surface area contributed by atoms with Crippen LogP contribution in [0.3, 0.4) is 0 Å². The molecule has 0 saturated heterocycles. The number of rotatable bonds is 5. The van der Waals surface area contributed by atoms with E-state index in [0.29, 0.717) is 45.5 Å². The highest BCUT2D eigenvalue weighted by atomic mass is 35.5. The Balaban J connectivity index is 1.41. The summed E-state index contributed by atoms with van der Waals surface area (Å²) < 4.78 is 17.2. The van der Waals surface area contributed by atoms with Crippen LogP contribution in [0.2, 0.25) is 5.02 Å². The molecule has 3 aromatic carbocycles. The molecule has 1 aliphatic rings. The largest absolute Gasteiger partial charge is 0.489 e. The molecule has 0 fully saturated rings. The SMILES string of the molecule is Cc1ccc2oc3c(c(=O)c2c1)C(c1ccc(OCc2ccc(Cl)cc2)cc1)N(c1cc(C)on1)C3=O. The fourth-order valence-corrected chi connectivity index (χ4v) is 4.72. The number of aryl methyl sites for hydroxylation is 2. The fraction of sp³-hybridized carbons (Fsp3) is 0.138. The first-order valence-corrected chi connectivity index (χ1v) is 12.1. The molecule has 7 nitrogen and oxygen atoms in total. The first-order valence-electron chi connectivity index (χ1n) is 11.7. The Kier molecular flexibility index (Phi) is 5.57. The van der Waals surface area contributed by atoms with Gasteiger partial charge in [-0.25, -0.2) is 0 Å². The molecule has 0 saturated carbocycles. The maximum absolute atomic E-state index is 13.7. The van der Waals surface area contributed by atoms with Crippen molar-refractivity contribution in [2.75, 3.05) is 4.90 Å². The van der Waals surface area contributed by atoms with Gasteiger partial charge in [0, 0.05) is 11.1 Å². The smallest absolute Gasteiger partial charge is 0.296 e. The molecule has 3 heterocycles. The number of halogens is 1. The average molecular weight is 513 g/mol. The third kappa shape index (κ3) is 4.07. The Bertz CT molecular complexity index is 1700. The third-order valence-corrected chi connectivity index (χ3v) is 6.65. The van der Waals surface area contributed by atoms with Crippen LogP contribution in [0.4, 0.5) is 5.82 Å². The van der Waals surface area contributed by atoms with Gasteiger partial charge in [-0.15, -0.1) is 0 Å². The Morgan fingerprint density at radius 3 is 2.43 bits per heavy atom. The van der Waals surface area contributed by atoms with Crippen molar-refractivity contribution in [3.63, 3.8) is 0 Å². The minimum Gasteiger partial charge on any atom is -0.489 e. The number of aromatic nitrogens is 1. The molecule has 1 unspecified atom stereocenters. The van der Waals surface area contributed by atoms with Crippen LogP contribution in [0.5, 0.6) is 5.75 Å². The van der Waals surface area contributed by atoms with E-state index < -0.39 is 11.9 Å².